The highest BCUT2D eigenvalue weighted by molar-refractivity contribution is 6.34. The Bertz CT molecular complexity index is 818. The van der Waals surface area contributed by atoms with Crippen LogP contribution in [0.25, 0.3) is 0 Å². The maximum atomic E-state index is 12.4. The fraction of sp³-hybridized carbons (Fsp3) is 0. The Labute approximate surface area is 139 Å². The van der Waals surface area contributed by atoms with Gasteiger partial charge in [0, 0.05) is 5.69 Å². The van der Waals surface area contributed by atoms with Crippen molar-refractivity contribution < 1.29 is 4.79 Å². The molecule has 0 saturated heterocycles. The minimum Gasteiger partial charge on any atom is -0.354 e. The summed E-state index contributed by atoms with van der Waals surface area (Å²) < 4.78 is 0. The molecule has 0 radical (unpaired) electrons. The van der Waals surface area contributed by atoms with Gasteiger partial charge >= 0.3 is 0 Å². The lowest BCUT2D eigenvalue weighted by Crippen LogP contribution is -2.13. The van der Waals surface area contributed by atoms with Gasteiger partial charge in [-0.25, -0.2) is 0 Å². The lowest BCUT2D eigenvalue weighted by molar-refractivity contribution is 0.102. The molecule has 0 aliphatic rings. The number of hydrogen-bond acceptors (Lipinski definition) is 2. The summed E-state index contributed by atoms with van der Waals surface area (Å²) in [5, 5.41) is 6.63. The zero-order valence-electron chi connectivity index (χ0n) is 12.3. The summed E-state index contributed by atoms with van der Waals surface area (Å²) in [7, 11) is 0. The lowest BCUT2D eigenvalue weighted by atomic mass is 10.2. The van der Waals surface area contributed by atoms with Crippen molar-refractivity contribution in [2.24, 2.45) is 0 Å². The van der Waals surface area contributed by atoms with Crippen molar-refractivity contribution in [2.75, 3.05) is 10.6 Å². The quantitative estimate of drug-likeness (QED) is 0.681. The minimum absolute atomic E-state index is 0.238. The first-order valence-electron chi connectivity index (χ1n) is 7.21. The van der Waals surface area contributed by atoms with Crippen molar-refractivity contribution in [3.63, 3.8) is 0 Å². The second-order valence-electron chi connectivity index (χ2n) is 4.97. The maximum Gasteiger partial charge on any atom is 0.257 e. The Balaban J connectivity index is 1.84. The van der Waals surface area contributed by atoms with Crippen LogP contribution < -0.4 is 10.6 Å². The third-order valence-electron chi connectivity index (χ3n) is 3.35. The average Bonchev–Trinajstić information content (AvgIpc) is 2.58. The van der Waals surface area contributed by atoms with Gasteiger partial charge in [0.2, 0.25) is 0 Å². The van der Waals surface area contributed by atoms with Gasteiger partial charge in [0.25, 0.3) is 5.91 Å². The molecule has 0 aliphatic carbocycles. The first-order chi connectivity index (χ1) is 11.2. The van der Waals surface area contributed by atoms with E-state index in [2.05, 4.69) is 10.6 Å². The standard InChI is InChI=1S/C19H15ClN2O/c20-16-11-5-4-10-15(16)19(23)22-18-13-7-6-12-17(18)21-14-8-2-1-3-9-14/h1-13,21H,(H,22,23). The van der Waals surface area contributed by atoms with E-state index >= 15 is 0 Å². The van der Waals surface area contributed by atoms with Crippen molar-refractivity contribution in [1.29, 1.82) is 0 Å². The van der Waals surface area contributed by atoms with Gasteiger partial charge in [-0.3, -0.25) is 4.79 Å². The van der Waals surface area contributed by atoms with E-state index < -0.39 is 0 Å². The Kier molecular flexibility index (Phi) is 4.60. The van der Waals surface area contributed by atoms with Crippen molar-refractivity contribution in [2.45, 2.75) is 0 Å². The van der Waals surface area contributed by atoms with E-state index in [1.807, 2.05) is 54.6 Å². The molecule has 0 fully saturated rings. The summed E-state index contributed by atoms with van der Waals surface area (Å²) in [4.78, 5) is 12.4. The Morgan fingerprint density at radius 1 is 0.739 bits per heavy atom. The van der Waals surface area contributed by atoms with Gasteiger partial charge < -0.3 is 10.6 Å². The van der Waals surface area contributed by atoms with Gasteiger partial charge in [0.05, 0.1) is 22.0 Å². The molecule has 0 atom stereocenters. The Hall–Kier alpha value is -2.78. The third kappa shape index (κ3) is 3.71. The molecule has 0 unspecified atom stereocenters. The van der Waals surface area contributed by atoms with E-state index in [4.69, 9.17) is 11.6 Å². The van der Waals surface area contributed by atoms with Crippen LogP contribution in [0.15, 0.2) is 78.9 Å². The van der Waals surface area contributed by atoms with Crippen molar-refractivity contribution in [1.82, 2.24) is 0 Å². The number of carbonyl (C=O) groups excluding carboxylic acids is 1. The molecule has 0 bridgehead atoms. The zero-order valence-corrected chi connectivity index (χ0v) is 13.0. The predicted octanol–water partition coefficient (Wildman–Crippen LogP) is 5.34. The van der Waals surface area contributed by atoms with E-state index in [0.29, 0.717) is 16.3 Å². The summed E-state index contributed by atoms with van der Waals surface area (Å²) in [5.41, 5.74) is 2.91. The van der Waals surface area contributed by atoms with Crippen LogP contribution in [0.1, 0.15) is 10.4 Å². The molecule has 0 spiro atoms. The molecular formula is C19H15ClN2O. The third-order valence-corrected chi connectivity index (χ3v) is 3.68. The second kappa shape index (κ2) is 6.99. The monoisotopic (exact) mass is 322 g/mol. The van der Waals surface area contributed by atoms with Gasteiger partial charge in [0.15, 0.2) is 0 Å². The van der Waals surface area contributed by atoms with E-state index in [9.17, 15) is 4.79 Å². The van der Waals surface area contributed by atoms with E-state index in [0.717, 1.165) is 11.4 Å². The first-order valence-corrected chi connectivity index (χ1v) is 7.59. The smallest absolute Gasteiger partial charge is 0.257 e. The normalized spacial score (nSPS) is 10.1. The fourth-order valence-electron chi connectivity index (χ4n) is 2.21. The van der Waals surface area contributed by atoms with Gasteiger partial charge in [-0.1, -0.05) is 54.1 Å². The number of carbonyl (C=O) groups is 1. The SMILES string of the molecule is O=C(Nc1ccccc1Nc1ccccc1)c1ccccc1Cl. The number of amides is 1. The molecule has 3 nitrogen and oxygen atoms in total. The lowest BCUT2D eigenvalue weighted by Gasteiger charge is -2.13. The number of para-hydroxylation sites is 3. The molecule has 0 heterocycles. The molecule has 23 heavy (non-hydrogen) atoms. The molecule has 3 rings (SSSR count). The molecule has 1 amide bonds. The number of anilines is 3. The number of rotatable bonds is 4. The van der Waals surface area contributed by atoms with Crippen molar-refractivity contribution in [3.05, 3.63) is 89.4 Å². The van der Waals surface area contributed by atoms with E-state index in [-0.39, 0.29) is 5.91 Å². The minimum atomic E-state index is -0.238. The maximum absolute atomic E-state index is 12.4. The molecule has 4 heteroatoms. The van der Waals surface area contributed by atoms with Crippen LogP contribution in [0.5, 0.6) is 0 Å². The topological polar surface area (TPSA) is 41.1 Å². The fourth-order valence-corrected chi connectivity index (χ4v) is 2.43. The van der Waals surface area contributed by atoms with Crippen LogP contribution in [0.3, 0.4) is 0 Å². The van der Waals surface area contributed by atoms with Crippen molar-refractivity contribution in [3.8, 4) is 0 Å². The first kappa shape index (κ1) is 15.1. The molecule has 3 aromatic carbocycles. The average molecular weight is 323 g/mol. The molecule has 0 aliphatic heterocycles. The zero-order chi connectivity index (χ0) is 16.1. The molecule has 0 aromatic heterocycles. The Morgan fingerprint density at radius 3 is 2.09 bits per heavy atom. The molecule has 2 N–H and O–H groups in total. The summed E-state index contributed by atoms with van der Waals surface area (Å²) in [6.45, 7) is 0. The summed E-state index contributed by atoms with van der Waals surface area (Å²) in [6.07, 6.45) is 0. The number of benzene rings is 3. The van der Waals surface area contributed by atoms with Crippen LogP contribution in [-0.2, 0) is 0 Å². The predicted molar refractivity (Wildman–Crippen MR) is 95.6 cm³/mol. The number of hydrogen-bond donors (Lipinski definition) is 2. The molecule has 3 aromatic rings. The number of halogens is 1. The molecular weight excluding hydrogens is 308 g/mol. The Morgan fingerprint density at radius 2 is 1.35 bits per heavy atom. The van der Waals surface area contributed by atoms with Crippen LogP contribution >= 0.6 is 11.6 Å². The van der Waals surface area contributed by atoms with Gasteiger partial charge in [-0.2, -0.15) is 0 Å². The van der Waals surface area contributed by atoms with Gasteiger partial charge in [-0.05, 0) is 36.4 Å². The van der Waals surface area contributed by atoms with Crippen LogP contribution in [0, 0.1) is 0 Å². The summed E-state index contributed by atoms with van der Waals surface area (Å²) in [6, 6.07) is 24.3. The van der Waals surface area contributed by atoms with Gasteiger partial charge in [-0.15, -0.1) is 0 Å². The number of nitrogens with one attached hydrogen (secondary N) is 2. The largest absolute Gasteiger partial charge is 0.354 e. The van der Waals surface area contributed by atoms with Gasteiger partial charge in [0.1, 0.15) is 0 Å². The van der Waals surface area contributed by atoms with Crippen LogP contribution in [0.4, 0.5) is 17.1 Å². The highest BCUT2D eigenvalue weighted by atomic mass is 35.5. The van der Waals surface area contributed by atoms with Crippen molar-refractivity contribution >= 4 is 34.6 Å². The van der Waals surface area contributed by atoms with Crippen LogP contribution in [-0.4, -0.2) is 5.91 Å². The molecule has 0 saturated carbocycles. The second-order valence-corrected chi connectivity index (χ2v) is 5.38. The van der Waals surface area contributed by atoms with Crippen LogP contribution in [0.2, 0.25) is 5.02 Å². The summed E-state index contributed by atoms with van der Waals surface area (Å²) in [5.74, 6) is -0.238. The highest BCUT2D eigenvalue weighted by Gasteiger charge is 2.11. The summed E-state index contributed by atoms with van der Waals surface area (Å²) >= 11 is 6.08. The highest BCUT2D eigenvalue weighted by Crippen LogP contribution is 2.26. The van der Waals surface area contributed by atoms with E-state index in [1.165, 1.54) is 0 Å². The van der Waals surface area contributed by atoms with E-state index in [1.54, 1.807) is 24.3 Å². The molecule has 114 valence electrons.